The number of imidazole rings is 1. The number of sulfonamides is 1. The molecule has 0 bridgehead atoms. The van der Waals surface area contributed by atoms with Crippen LogP contribution in [0.15, 0.2) is 35.5 Å². The summed E-state index contributed by atoms with van der Waals surface area (Å²) in [6.45, 7) is 3.21. The third-order valence-corrected chi connectivity index (χ3v) is 6.99. The Labute approximate surface area is 176 Å². The Morgan fingerprint density at radius 3 is 2.53 bits per heavy atom. The fourth-order valence-corrected chi connectivity index (χ4v) is 4.78. The minimum absolute atomic E-state index is 0.0477. The second-order valence-corrected chi connectivity index (χ2v) is 9.25. The molecule has 0 radical (unpaired) electrons. The zero-order valence-electron chi connectivity index (χ0n) is 17.2. The summed E-state index contributed by atoms with van der Waals surface area (Å²) in [7, 11) is -1.88. The van der Waals surface area contributed by atoms with E-state index in [0.717, 1.165) is 0 Å². The first kappa shape index (κ1) is 22.2. The number of carbonyl (C=O) groups is 1. The van der Waals surface area contributed by atoms with Gasteiger partial charge in [0.05, 0.1) is 6.61 Å². The Morgan fingerprint density at radius 1 is 1.27 bits per heavy atom. The third-order valence-electron chi connectivity index (χ3n) is 5.22. The Morgan fingerprint density at radius 2 is 1.93 bits per heavy atom. The van der Waals surface area contributed by atoms with Gasteiger partial charge in [-0.2, -0.15) is 4.31 Å². The Kier molecular flexibility index (Phi) is 7.09. The molecule has 1 fully saturated rings. The molecular weight excluding hydrogens is 411 g/mol. The number of nitrogens with one attached hydrogen (secondary N) is 1. The average molecular weight is 439 g/mol. The number of aryl methyl sites for hydroxylation is 2. The van der Waals surface area contributed by atoms with Crippen molar-refractivity contribution in [2.24, 2.45) is 13.0 Å². The smallest absolute Gasteiger partial charge is 0.262 e. The van der Waals surface area contributed by atoms with Crippen LogP contribution in [-0.4, -0.2) is 54.4 Å². The first-order valence-electron chi connectivity index (χ1n) is 9.93. The van der Waals surface area contributed by atoms with Crippen LogP contribution in [0.25, 0.3) is 0 Å². The monoisotopic (exact) mass is 438 g/mol. The lowest BCUT2D eigenvalue weighted by atomic mass is 9.97. The van der Waals surface area contributed by atoms with Crippen LogP contribution in [0.1, 0.15) is 25.1 Å². The van der Waals surface area contributed by atoms with Crippen molar-refractivity contribution in [3.05, 3.63) is 42.1 Å². The maximum atomic E-state index is 12.8. The zero-order valence-corrected chi connectivity index (χ0v) is 18.0. The van der Waals surface area contributed by atoms with Crippen molar-refractivity contribution in [1.29, 1.82) is 0 Å². The summed E-state index contributed by atoms with van der Waals surface area (Å²) in [6, 6.07) is 5.78. The van der Waals surface area contributed by atoms with Crippen LogP contribution in [-0.2, 0) is 21.9 Å². The lowest BCUT2D eigenvalue weighted by Gasteiger charge is -2.29. The Bertz CT molecular complexity index is 948. The molecule has 10 heteroatoms. The molecule has 2 aromatic rings. The molecular formula is C20H27FN4O4S. The molecule has 0 atom stereocenters. The van der Waals surface area contributed by atoms with Gasteiger partial charge in [-0.25, -0.2) is 17.8 Å². The van der Waals surface area contributed by atoms with Crippen LogP contribution in [0, 0.1) is 18.7 Å². The summed E-state index contributed by atoms with van der Waals surface area (Å²) in [5.41, 5.74) is 0. The Balaban J connectivity index is 1.39. The molecule has 1 aliphatic rings. The molecule has 1 saturated heterocycles. The number of aromatic nitrogens is 2. The van der Waals surface area contributed by atoms with Crippen molar-refractivity contribution in [3.63, 3.8) is 0 Å². The second kappa shape index (κ2) is 9.57. The molecule has 30 heavy (non-hydrogen) atoms. The molecule has 1 aliphatic heterocycles. The van der Waals surface area contributed by atoms with E-state index in [1.807, 2.05) is 0 Å². The molecule has 164 valence electrons. The number of rotatable bonds is 8. The van der Waals surface area contributed by atoms with E-state index in [2.05, 4.69) is 10.3 Å². The molecule has 1 aromatic heterocycles. The van der Waals surface area contributed by atoms with Crippen molar-refractivity contribution in [3.8, 4) is 5.75 Å². The van der Waals surface area contributed by atoms with E-state index < -0.39 is 10.0 Å². The SMILES string of the molecule is Cc1nc(S(=O)(=O)N2CCC(C(=O)NCCCOc3ccc(F)cc3)CC2)cn1C. The zero-order chi connectivity index (χ0) is 21.7. The highest BCUT2D eigenvalue weighted by Crippen LogP contribution is 2.23. The highest BCUT2D eigenvalue weighted by Gasteiger charge is 2.33. The number of carbonyl (C=O) groups excluding carboxylic acids is 1. The van der Waals surface area contributed by atoms with Crippen molar-refractivity contribution < 1.29 is 22.3 Å². The van der Waals surface area contributed by atoms with Crippen molar-refractivity contribution in [2.45, 2.75) is 31.2 Å². The van der Waals surface area contributed by atoms with Gasteiger partial charge in [0.15, 0.2) is 5.03 Å². The van der Waals surface area contributed by atoms with E-state index in [4.69, 9.17) is 4.74 Å². The second-order valence-electron chi connectivity index (χ2n) is 7.36. The van der Waals surface area contributed by atoms with Gasteiger partial charge in [0.2, 0.25) is 5.91 Å². The molecule has 0 spiro atoms. The number of amides is 1. The number of benzene rings is 1. The van der Waals surface area contributed by atoms with Crippen LogP contribution >= 0.6 is 0 Å². The van der Waals surface area contributed by atoms with E-state index in [9.17, 15) is 17.6 Å². The van der Waals surface area contributed by atoms with Crippen LogP contribution in [0.5, 0.6) is 5.75 Å². The normalized spacial score (nSPS) is 15.8. The number of nitrogens with zero attached hydrogens (tertiary/aromatic N) is 3. The summed E-state index contributed by atoms with van der Waals surface area (Å²) in [5, 5.41) is 2.93. The summed E-state index contributed by atoms with van der Waals surface area (Å²) < 4.78 is 46.9. The number of halogens is 1. The van der Waals surface area contributed by atoms with Gasteiger partial charge < -0.3 is 14.6 Å². The molecule has 0 unspecified atom stereocenters. The molecule has 0 saturated carbocycles. The molecule has 1 N–H and O–H groups in total. The maximum absolute atomic E-state index is 12.8. The number of piperidine rings is 1. The van der Waals surface area contributed by atoms with Crippen molar-refractivity contribution in [2.75, 3.05) is 26.2 Å². The Hall–Kier alpha value is -2.46. The van der Waals surface area contributed by atoms with E-state index in [1.54, 1.807) is 30.7 Å². The minimum atomic E-state index is -3.64. The lowest BCUT2D eigenvalue weighted by Crippen LogP contribution is -2.43. The molecule has 3 rings (SSSR count). The van der Waals surface area contributed by atoms with Gasteiger partial charge in [0.25, 0.3) is 10.0 Å². The highest BCUT2D eigenvalue weighted by atomic mass is 32.2. The van der Waals surface area contributed by atoms with E-state index in [1.165, 1.54) is 22.6 Å². The highest BCUT2D eigenvalue weighted by molar-refractivity contribution is 7.89. The van der Waals surface area contributed by atoms with Crippen LogP contribution in [0.3, 0.4) is 0 Å². The lowest BCUT2D eigenvalue weighted by molar-refractivity contribution is -0.126. The predicted octanol–water partition coefficient (Wildman–Crippen LogP) is 1.85. The summed E-state index contributed by atoms with van der Waals surface area (Å²) in [4.78, 5) is 16.5. The van der Waals surface area contributed by atoms with Crippen LogP contribution in [0.4, 0.5) is 4.39 Å². The third kappa shape index (κ3) is 5.37. The van der Waals surface area contributed by atoms with Gasteiger partial charge in [-0.05, 0) is 50.5 Å². The van der Waals surface area contributed by atoms with Gasteiger partial charge in [-0.15, -0.1) is 0 Å². The predicted molar refractivity (Wildman–Crippen MR) is 109 cm³/mol. The minimum Gasteiger partial charge on any atom is -0.494 e. The number of hydrogen-bond donors (Lipinski definition) is 1. The fraction of sp³-hybridized carbons (Fsp3) is 0.500. The maximum Gasteiger partial charge on any atom is 0.262 e. The van der Waals surface area contributed by atoms with Crippen molar-refractivity contribution in [1.82, 2.24) is 19.2 Å². The first-order valence-corrected chi connectivity index (χ1v) is 11.4. The topological polar surface area (TPSA) is 93.5 Å². The number of hydrogen-bond acceptors (Lipinski definition) is 5. The first-order chi connectivity index (χ1) is 14.3. The van der Waals surface area contributed by atoms with Gasteiger partial charge in [0, 0.05) is 38.8 Å². The van der Waals surface area contributed by atoms with E-state index in [-0.39, 0.29) is 22.7 Å². The average Bonchev–Trinajstić information content (AvgIpc) is 3.08. The molecule has 2 heterocycles. The fourth-order valence-electron chi connectivity index (χ4n) is 3.29. The van der Waals surface area contributed by atoms with Gasteiger partial charge >= 0.3 is 0 Å². The van der Waals surface area contributed by atoms with Crippen LogP contribution in [0.2, 0.25) is 0 Å². The van der Waals surface area contributed by atoms with Gasteiger partial charge in [-0.1, -0.05) is 0 Å². The summed E-state index contributed by atoms with van der Waals surface area (Å²) in [6.07, 6.45) is 3.08. The quantitative estimate of drug-likeness (QED) is 0.635. The standard InChI is InChI=1S/C20H27FN4O4S/c1-15-23-19(14-24(15)2)30(27,28)25-11-8-16(9-12-25)20(26)22-10-3-13-29-18-6-4-17(21)5-7-18/h4-7,14,16H,3,8-13H2,1-2H3,(H,22,26). The molecule has 0 aliphatic carbocycles. The van der Waals surface area contributed by atoms with Gasteiger partial charge in [-0.3, -0.25) is 4.79 Å². The largest absolute Gasteiger partial charge is 0.494 e. The van der Waals surface area contributed by atoms with Gasteiger partial charge in [0.1, 0.15) is 17.4 Å². The van der Waals surface area contributed by atoms with Crippen molar-refractivity contribution >= 4 is 15.9 Å². The van der Waals surface area contributed by atoms with E-state index in [0.29, 0.717) is 57.1 Å². The number of ether oxygens (including phenoxy) is 1. The van der Waals surface area contributed by atoms with Crippen LogP contribution < -0.4 is 10.1 Å². The molecule has 1 amide bonds. The summed E-state index contributed by atoms with van der Waals surface area (Å²) >= 11 is 0. The molecule has 8 nitrogen and oxygen atoms in total. The molecule has 1 aromatic carbocycles. The summed E-state index contributed by atoms with van der Waals surface area (Å²) in [5.74, 6) is 0.622. The van der Waals surface area contributed by atoms with E-state index >= 15 is 0 Å².